The minimum atomic E-state index is -1.64. The van der Waals surface area contributed by atoms with Gasteiger partial charge in [-0.05, 0) is 24.3 Å². The Morgan fingerprint density at radius 2 is 1.61 bits per heavy atom. The largest absolute Gasteiger partial charge is 0.481 e. The Bertz CT molecular complexity index is 1210. The molecule has 5 amide bonds. The summed E-state index contributed by atoms with van der Waals surface area (Å²) in [6.45, 7) is 2.15. The molecule has 0 radical (unpaired) electrons. The molecule has 0 saturated carbocycles. The van der Waals surface area contributed by atoms with E-state index in [1.54, 1.807) is 44.2 Å². The van der Waals surface area contributed by atoms with E-state index in [1.807, 2.05) is 0 Å². The first-order valence-corrected chi connectivity index (χ1v) is 14.1. The van der Waals surface area contributed by atoms with Crippen LogP contribution in [0, 0.1) is 5.92 Å². The average molecular weight is 621 g/mol. The van der Waals surface area contributed by atoms with Gasteiger partial charge in [0.1, 0.15) is 30.2 Å². The molecule has 1 heterocycles. The Balaban J connectivity index is 2.03. The van der Waals surface area contributed by atoms with Crippen molar-refractivity contribution in [2.45, 2.75) is 69.7 Å². The molecule has 16 heteroatoms. The number of rotatable bonds is 16. The van der Waals surface area contributed by atoms with Crippen molar-refractivity contribution in [3.8, 4) is 0 Å². The van der Waals surface area contributed by atoms with Gasteiger partial charge in [-0.15, -0.1) is 0 Å². The molecule has 1 aliphatic heterocycles. The number of amides is 5. The molecule has 9 N–H and O–H groups in total. The number of carbonyl (C=O) groups is 7. The van der Waals surface area contributed by atoms with E-state index < -0.39 is 97.2 Å². The number of aliphatic hydroxyl groups excluding tert-OH is 1. The Morgan fingerprint density at radius 3 is 2.18 bits per heavy atom. The van der Waals surface area contributed by atoms with E-state index in [0.717, 1.165) is 0 Å². The van der Waals surface area contributed by atoms with Crippen LogP contribution in [0.15, 0.2) is 30.3 Å². The lowest BCUT2D eigenvalue weighted by Gasteiger charge is -2.27. The monoisotopic (exact) mass is 620 g/mol. The van der Waals surface area contributed by atoms with E-state index >= 15 is 0 Å². The number of nitrogens with zero attached hydrogens (tertiary/aromatic N) is 1. The Kier molecular flexibility index (Phi) is 13.7. The van der Waals surface area contributed by atoms with Crippen molar-refractivity contribution in [2.24, 2.45) is 11.7 Å². The highest BCUT2D eigenvalue weighted by Gasteiger charge is 2.36. The average Bonchev–Trinajstić information content (AvgIpc) is 3.47. The fourth-order valence-corrected chi connectivity index (χ4v) is 4.61. The zero-order valence-electron chi connectivity index (χ0n) is 24.5. The third kappa shape index (κ3) is 10.6. The van der Waals surface area contributed by atoms with Crippen molar-refractivity contribution in [1.82, 2.24) is 26.2 Å². The number of aliphatic carboxylic acids is 2. The minimum Gasteiger partial charge on any atom is -0.481 e. The van der Waals surface area contributed by atoms with Crippen LogP contribution in [0.3, 0.4) is 0 Å². The highest BCUT2D eigenvalue weighted by Crippen LogP contribution is 2.18. The Hall–Kier alpha value is -4.57. The number of nitrogens with two attached hydrogens (primary N) is 1. The first-order chi connectivity index (χ1) is 20.7. The fourth-order valence-electron chi connectivity index (χ4n) is 4.61. The van der Waals surface area contributed by atoms with Crippen LogP contribution in [0.2, 0.25) is 0 Å². The van der Waals surface area contributed by atoms with E-state index in [0.29, 0.717) is 18.4 Å². The van der Waals surface area contributed by atoms with E-state index in [4.69, 9.17) is 10.8 Å². The summed E-state index contributed by atoms with van der Waals surface area (Å²) in [7, 11) is 0. The number of carboxylic acid groups (broad SMARTS) is 2. The quantitative estimate of drug-likeness (QED) is 0.0945. The summed E-state index contributed by atoms with van der Waals surface area (Å²) < 4.78 is 0. The summed E-state index contributed by atoms with van der Waals surface area (Å²) in [5.41, 5.74) is 6.22. The van der Waals surface area contributed by atoms with E-state index in [1.165, 1.54) is 4.90 Å². The van der Waals surface area contributed by atoms with Gasteiger partial charge in [-0.25, -0.2) is 4.79 Å². The number of carboxylic acids is 2. The lowest BCUT2D eigenvalue weighted by molar-refractivity contribution is -0.143. The van der Waals surface area contributed by atoms with Crippen molar-refractivity contribution in [1.29, 1.82) is 0 Å². The highest BCUT2D eigenvalue weighted by molar-refractivity contribution is 5.96. The standard InChI is InChI=1S/C28H40N6O10/c1-15(2)23(26(41)32-19(28(43)44)11-16-7-4-3-5-8-16)33-24(39)18(12-22(37)38)31-21(36)13-30-25(40)20-9-6-10-34(20)27(42)17(29)14-35/h3-5,7-8,15,17-20,23,35H,6,9-14,29H2,1-2H3,(H,30,40)(H,31,36)(H,32,41)(H,33,39)(H,37,38)(H,43,44)/t17-,18-,19-,20-,23-/m0/s1. The molecule has 0 aliphatic carbocycles. The van der Waals surface area contributed by atoms with Crippen LogP contribution in [0.4, 0.5) is 0 Å². The first kappa shape index (κ1) is 35.6. The van der Waals surface area contributed by atoms with Crippen LogP contribution in [-0.2, 0) is 40.0 Å². The van der Waals surface area contributed by atoms with Crippen molar-refractivity contribution in [3.63, 3.8) is 0 Å². The smallest absolute Gasteiger partial charge is 0.326 e. The van der Waals surface area contributed by atoms with Gasteiger partial charge < -0.3 is 47.2 Å². The molecule has 16 nitrogen and oxygen atoms in total. The summed E-state index contributed by atoms with van der Waals surface area (Å²) in [4.78, 5) is 88.2. The van der Waals surface area contributed by atoms with Crippen molar-refractivity contribution in [3.05, 3.63) is 35.9 Å². The molecule has 1 aliphatic rings. The molecule has 0 bridgehead atoms. The fraction of sp³-hybridized carbons (Fsp3) is 0.536. The number of hydrogen-bond donors (Lipinski definition) is 8. The van der Waals surface area contributed by atoms with E-state index in [-0.39, 0.29) is 13.0 Å². The molecule has 5 atom stereocenters. The predicted octanol–water partition coefficient (Wildman–Crippen LogP) is -2.67. The van der Waals surface area contributed by atoms with Gasteiger partial charge in [-0.1, -0.05) is 44.2 Å². The second kappa shape index (κ2) is 16.9. The lowest BCUT2D eigenvalue weighted by Crippen LogP contribution is -2.58. The van der Waals surface area contributed by atoms with Gasteiger partial charge in [0, 0.05) is 13.0 Å². The van der Waals surface area contributed by atoms with Crippen LogP contribution in [-0.4, -0.2) is 112 Å². The molecule has 44 heavy (non-hydrogen) atoms. The maximum absolute atomic E-state index is 13.1. The Morgan fingerprint density at radius 1 is 0.955 bits per heavy atom. The zero-order valence-corrected chi connectivity index (χ0v) is 24.5. The number of benzene rings is 1. The van der Waals surface area contributed by atoms with Crippen LogP contribution < -0.4 is 27.0 Å². The predicted molar refractivity (Wildman–Crippen MR) is 153 cm³/mol. The van der Waals surface area contributed by atoms with Crippen molar-refractivity contribution < 1.29 is 48.9 Å². The summed E-state index contributed by atoms with van der Waals surface area (Å²) >= 11 is 0. The van der Waals surface area contributed by atoms with Gasteiger partial charge in [0.25, 0.3) is 0 Å². The van der Waals surface area contributed by atoms with Crippen molar-refractivity contribution >= 4 is 41.5 Å². The van der Waals surface area contributed by atoms with Crippen LogP contribution >= 0.6 is 0 Å². The first-order valence-electron chi connectivity index (χ1n) is 14.1. The summed E-state index contributed by atoms with van der Waals surface area (Å²) in [5.74, 6) is -7.32. The molecular weight excluding hydrogens is 580 g/mol. The summed E-state index contributed by atoms with van der Waals surface area (Å²) in [5, 5.41) is 37.4. The minimum absolute atomic E-state index is 0.0227. The molecule has 0 spiro atoms. The SMILES string of the molecule is CC(C)[C@H](NC(=O)[C@H](CC(=O)O)NC(=O)CNC(=O)[C@@H]1CCCN1C(=O)[C@@H](N)CO)C(=O)N[C@@H](Cc1ccccc1)C(=O)O. The highest BCUT2D eigenvalue weighted by atomic mass is 16.4. The topological polar surface area (TPSA) is 258 Å². The number of likely N-dealkylation sites (tertiary alicyclic amines) is 1. The zero-order chi connectivity index (χ0) is 33.0. The number of nitrogens with one attached hydrogen (secondary N) is 4. The molecule has 1 aromatic carbocycles. The third-order valence-electron chi connectivity index (χ3n) is 6.95. The lowest BCUT2D eigenvalue weighted by atomic mass is 10.0. The van der Waals surface area contributed by atoms with Gasteiger partial charge in [-0.2, -0.15) is 0 Å². The van der Waals surface area contributed by atoms with Crippen LogP contribution in [0.5, 0.6) is 0 Å². The summed E-state index contributed by atoms with van der Waals surface area (Å²) in [6, 6.07) is 2.23. The van der Waals surface area contributed by atoms with Gasteiger partial charge in [0.05, 0.1) is 19.6 Å². The van der Waals surface area contributed by atoms with E-state index in [9.17, 15) is 43.8 Å². The molecular formula is C28H40N6O10. The molecule has 1 saturated heterocycles. The third-order valence-corrected chi connectivity index (χ3v) is 6.95. The van der Waals surface area contributed by atoms with Gasteiger partial charge >= 0.3 is 11.9 Å². The number of aliphatic hydroxyl groups is 1. The molecule has 2 rings (SSSR count). The van der Waals surface area contributed by atoms with Gasteiger partial charge in [0.15, 0.2) is 0 Å². The number of carbonyl (C=O) groups excluding carboxylic acids is 5. The normalized spacial score (nSPS) is 17.1. The second-order valence-electron chi connectivity index (χ2n) is 10.7. The molecule has 242 valence electrons. The van der Waals surface area contributed by atoms with Gasteiger partial charge in [0.2, 0.25) is 29.5 Å². The van der Waals surface area contributed by atoms with E-state index in [2.05, 4.69) is 21.3 Å². The van der Waals surface area contributed by atoms with Crippen LogP contribution in [0.1, 0.15) is 38.7 Å². The maximum Gasteiger partial charge on any atom is 0.326 e. The van der Waals surface area contributed by atoms with Gasteiger partial charge in [-0.3, -0.25) is 28.8 Å². The number of hydrogen-bond acceptors (Lipinski definition) is 9. The molecule has 0 unspecified atom stereocenters. The summed E-state index contributed by atoms with van der Waals surface area (Å²) in [6.07, 6.45) is -0.0774. The second-order valence-corrected chi connectivity index (χ2v) is 10.7. The van der Waals surface area contributed by atoms with Crippen LogP contribution in [0.25, 0.3) is 0 Å². The molecule has 0 aromatic heterocycles. The molecule has 1 fully saturated rings. The molecule has 1 aromatic rings. The Labute approximate surface area is 253 Å². The maximum atomic E-state index is 13.1. The van der Waals surface area contributed by atoms with Crippen molar-refractivity contribution in [2.75, 3.05) is 19.7 Å².